The maximum atomic E-state index is 10.2. The molecule has 0 fully saturated rings. The Labute approximate surface area is 101 Å². The van der Waals surface area contributed by atoms with Crippen LogP contribution in [0.1, 0.15) is 34.2 Å². The lowest BCUT2D eigenvalue weighted by molar-refractivity contribution is 0.214. The molecule has 1 aromatic heterocycles. The third kappa shape index (κ3) is 2.50. The van der Waals surface area contributed by atoms with Gasteiger partial charge >= 0.3 is 0 Å². The highest BCUT2D eigenvalue weighted by Gasteiger charge is 2.12. The number of hydrogen-bond acceptors (Lipinski definition) is 3. The van der Waals surface area contributed by atoms with Gasteiger partial charge in [-0.15, -0.1) is 0 Å². The van der Waals surface area contributed by atoms with Crippen molar-refractivity contribution in [2.45, 2.75) is 26.9 Å². The van der Waals surface area contributed by atoms with Crippen molar-refractivity contribution >= 4 is 0 Å². The molecule has 0 saturated carbocycles. The summed E-state index contributed by atoms with van der Waals surface area (Å²) < 4.78 is 0. The van der Waals surface area contributed by atoms with Crippen LogP contribution in [0.4, 0.5) is 0 Å². The fourth-order valence-electron chi connectivity index (χ4n) is 1.65. The normalized spacial score (nSPS) is 12.5. The Bertz CT molecular complexity index is 520. The molecule has 0 amide bonds. The molecular formula is C14H16N2O. The predicted octanol–water partition coefficient (Wildman–Crippen LogP) is 2.48. The van der Waals surface area contributed by atoms with Gasteiger partial charge in [0.25, 0.3) is 0 Å². The van der Waals surface area contributed by atoms with Crippen LogP contribution in [0.5, 0.6) is 0 Å². The first-order chi connectivity index (χ1) is 8.08. The minimum Gasteiger partial charge on any atom is -0.382 e. The summed E-state index contributed by atoms with van der Waals surface area (Å²) >= 11 is 0. The van der Waals surface area contributed by atoms with Crippen molar-refractivity contribution in [2.24, 2.45) is 0 Å². The molecule has 2 aromatic rings. The van der Waals surface area contributed by atoms with Crippen molar-refractivity contribution in [2.75, 3.05) is 0 Å². The number of aromatic nitrogens is 2. The average molecular weight is 228 g/mol. The highest BCUT2D eigenvalue weighted by molar-refractivity contribution is 5.33. The first-order valence-electron chi connectivity index (χ1n) is 5.61. The van der Waals surface area contributed by atoms with Crippen molar-refractivity contribution in [3.05, 3.63) is 58.7 Å². The molecule has 1 unspecified atom stereocenters. The van der Waals surface area contributed by atoms with E-state index in [-0.39, 0.29) is 0 Å². The lowest BCUT2D eigenvalue weighted by Crippen LogP contribution is -2.04. The van der Waals surface area contributed by atoms with Crippen LogP contribution in [0.3, 0.4) is 0 Å². The van der Waals surface area contributed by atoms with Gasteiger partial charge in [0, 0.05) is 6.20 Å². The summed E-state index contributed by atoms with van der Waals surface area (Å²) in [6.45, 7) is 5.96. The standard InChI is InChI=1S/C14H16N2O/c1-9-4-5-12(6-10(9)2)14(17)13-8-15-11(3)7-16-13/h4-8,14,17H,1-3H3. The zero-order valence-electron chi connectivity index (χ0n) is 10.3. The van der Waals surface area contributed by atoms with E-state index >= 15 is 0 Å². The van der Waals surface area contributed by atoms with E-state index in [1.165, 1.54) is 11.1 Å². The summed E-state index contributed by atoms with van der Waals surface area (Å²) in [5.41, 5.74) is 4.67. The number of nitrogens with zero attached hydrogens (tertiary/aromatic N) is 2. The number of aliphatic hydroxyl groups excluding tert-OH is 1. The van der Waals surface area contributed by atoms with Crippen LogP contribution in [0, 0.1) is 20.8 Å². The molecule has 1 heterocycles. The summed E-state index contributed by atoms with van der Waals surface area (Å²) in [6.07, 6.45) is 2.58. The number of hydrogen-bond donors (Lipinski definition) is 1. The SMILES string of the molecule is Cc1cnc(C(O)c2ccc(C)c(C)c2)cn1. The van der Waals surface area contributed by atoms with E-state index in [0.29, 0.717) is 5.69 Å². The fraction of sp³-hybridized carbons (Fsp3) is 0.286. The van der Waals surface area contributed by atoms with Gasteiger partial charge < -0.3 is 5.11 Å². The lowest BCUT2D eigenvalue weighted by atomic mass is 10.0. The molecule has 0 spiro atoms. The van der Waals surface area contributed by atoms with Gasteiger partial charge in [-0.1, -0.05) is 18.2 Å². The number of aryl methyl sites for hydroxylation is 3. The molecule has 3 heteroatoms. The molecular weight excluding hydrogens is 212 g/mol. The van der Waals surface area contributed by atoms with E-state index in [1.807, 2.05) is 32.0 Å². The number of aliphatic hydroxyl groups is 1. The van der Waals surface area contributed by atoms with Gasteiger partial charge in [-0.2, -0.15) is 0 Å². The Morgan fingerprint density at radius 3 is 2.35 bits per heavy atom. The Morgan fingerprint density at radius 2 is 1.76 bits per heavy atom. The summed E-state index contributed by atoms with van der Waals surface area (Å²) in [6, 6.07) is 5.92. The lowest BCUT2D eigenvalue weighted by Gasteiger charge is -2.12. The smallest absolute Gasteiger partial charge is 0.123 e. The molecule has 0 aliphatic heterocycles. The maximum Gasteiger partial charge on any atom is 0.123 e. The van der Waals surface area contributed by atoms with Crippen molar-refractivity contribution in [3.8, 4) is 0 Å². The van der Waals surface area contributed by atoms with E-state index in [2.05, 4.69) is 16.9 Å². The first-order valence-corrected chi connectivity index (χ1v) is 5.61. The van der Waals surface area contributed by atoms with E-state index in [4.69, 9.17) is 0 Å². The van der Waals surface area contributed by atoms with E-state index in [9.17, 15) is 5.11 Å². The van der Waals surface area contributed by atoms with E-state index < -0.39 is 6.10 Å². The molecule has 1 aromatic carbocycles. The Hall–Kier alpha value is -1.74. The Morgan fingerprint density at radius 1 is 1.00 bits per heavy atom. The largest absolute Gasteiger partial charge is 0.382 e. The molecule has 1 N–H and O–H groups in total. The third-order valence-corrected chi connectivity index (χ3v) is 2.93. The van der Waals surface area contributed by atoms with E-state index in [1.54, 1.807) is 12.4 Å². The summed E-state index contributed by atoms with van der Waals surface area (Å²) in [5.74, 6) is 0. The van der Waals surface area contributed by atoms with Crippen LogP contribution in [0.2, 0.25) is 0 Å². The second-order valence-corrected chi connectivity index (χ2v) is 4.33. The van der Waals surface area contributed by atoms with Gasteiger partial charge in [-0.05, 0) is 37.5 Å². The van der Waals surface area contributed by atoms with E-state index in [0.717, 1.165) is 11.3 Å². The first kappa shape index (κ1) is 11.7. The molecule has 17 heavy (non-hydrogen) atoms. The molecule has 0 bridgehead atoms. The van der Waals surface area contributed by atoms with Crippen molar-refractivity contribution in [3.63, 3.8) is 0 Å². The van der Waals surface area contributed by atoms with Crippen molar-refractivity contribution in [1.82, 2.24) is 9.97 Å². The van der Waals surface area contributed by atoms with Crippen LogP contribution in [0.25, 0.3) is 0 Å². The summed E-state index contributed by atoms with van der Waals surface area (Å²) in [7, 11) is 0. The second kappa shape index (κ2) is 4.63. The number of rotatable bonds is 2. The molecule has 2 rings (SSSR count). The van der Waals surface area contributed by atoms with Crippen LogP contribution in [-0.2, 0) is 0 Å². The minimum atomic E-state index is -0.706. The third-order valence-electron chi connectivity index (χ3n) is 2.93. The van der Waals surface area contributed by atoms with Gasteiger partial charge in [0.1, 0.15) is 6.10 Å². The van der Waals surface area contributed by atoms with Gasteiger partial charge in [0.15, 0.2) is 0 Å². The summed E-state index contributed by atoms with van der Waals surface area (Å²) in [5, 5.41) is 10.2. The van der Waals surface area contributed by atoms with Gasteiger partial charge in [-0.25, -0.2) is 0 Å². The Balaban J connectivity index is 2.33. The zero-order chi connectivity index (χ0) is 12.4. The van der Waals surface area contributed by atoms with Gasteiger partial charge in [-0.3, -0.25) is 9.97 Å². The summed E-state index contributed by atoms with van der Waals surface area (Å²) in [4.78, 5) is 8.34. The van der Waals surface area contributed by atoms with Crippen molar-refractivity contribution in [1.29, 1.82) is 0 Å². The molecule has 0 aliphatic carbocycles. The van der Waals surface area contributed by atoms with Crippen LogP contribution < -0.4 is 0 Å². The Kier molecular flexibility index (Phi) is 3.20. The number of benzene rings is 1. The van der Waals surface area contributed by atoms with Gasteiger partial charge in [0.2, 0.25) is 0 Å². The molecule has 0 radical (unpaired) electrons. The molecule has 88 valence electrons. The molecule has 3 nitrogen and oxygen atoms in total. The second-order valence-electron chi connectivity index (χ2n) is 4.33. The van der Waals surface area contributed by atoms with Crippen LogP contribution in [0.15, 0.2) is 30.6 Å². The van der Waals surface area contributed by atoms with Crippen molar-refractivity contribution < 1.29 is 5.11 Å². The molecule has 0 aliphatic rings. The average Bonchev–Trinajstić information content (AvgIpc) is 2.33. The predicted molar refractivity (Wildman–Crippen MR) is 66.7 cm³/mol. The zero-order valence-corrected chi connectivity index (χ0v) is 10.3. The fourth-order valence-corrected chi connectivity index (χ4v) is 1.65. The molecule has 1 atom stereocenters. The topological polar surface area (TPSA) is 46.0 Å². The highest BCUT2D eigenvalue weighted by atomic mass is 16.3. The monoisotopic (exact) mass is 228 g/mol. The van der Waals surface area contributed by atoms with Crippen LogP contribution in [-0.4, -0.2) is 15.1 Å². The van der Waals surface area contributed by atoms with Crippen LogP contribution >= 0.6 is 0 Å². The van der Waals surface area contributed by atoms with Gasteiger partial charge in [0.05, 0.1) is 17.6 Å². The quantitative estimate of drug-likeness (QED) is 0.859. The minimum absolute atomic E-state index is 0.582. The maximum absolute atomic E-state index is 10.2. The molecule has 0 saturated heterocycles. The highest BCUT2D eigenvalue weighted by Crippen LogP contribution is 2.21.